The number of benzene rings is 2. The van der Waals surface area contributed by atoms with Gasteiger partial charge in [0.2, 0.25) is 0 Å². The Morgan fingerprint density at radius 1 is 1.33 bits per heavy atom. The molecule has 2 aromatic carbocycles. The lowest BCUT2D eigenvalue weighted by molar-refractivity contribution is -0.384. The Morgan fingerprint density at radius 2 is 2.11 bits per heavy atom. The molecule has 10 heteroatoms. The highest BCUT2D eigenvalue weighted by atomic mass is 32.1. The molecule has 0 heterocycles. The Labute approximate surface area is 159 Å². The number of nitro groups is 1. The summed E-state index contributed by atoms with van der Waals surface area (Å²) in [5.41, 5.74) is 8.21. The van der Waals surface area contributed by atoms with Crippen molar-refractivity contribution in [2.45, 2.75) is 6.92 Å². The van der Waals surface area contributed by atoms with Gasteiger partial charge in [-0.25, -0.2) is 4.79 Å². The Morgan fingerprint density at radius 3 is 2.78 bits per heavy atom. The maximum atomic E-state index is 12.3. The quantitative estimate of drug-likeness (QED) is 0.185. The van der Waals surface area contributed by atoms with E-state index < -0.39 is 10.9 Å². The zero-order chi connectivity index (χ0) is 19.8. The van der Waals surface area contributed by atoms with Gasteiger partial charge >= 0.3 is 5.97 Å². The van der Waals surface area contributed by atoms with Crippen molar-refractivity contribution in [3.8, 4) is 11.5 Å². The molecular formula is C17H16N4O5S. The number of esters is 1. The van der Waals surface area contributed by atoms with E-state index in [0.29, 0.717) is 17.9 Å². The summed E-state index contributed by atoms with van der Waals surface area (Å²) in [4.78, 5) is 22.6. The number of nitrogens with two attached hydrogens (primary N) is 1. The standard InChI is InChI=1S/C17H16N4O5S/c1-2-25-15-8-11(10-19-20-17(18)27)6-7-14(15)26-16(22)12-4-3-5-13(9-12)21(23)24/h3-10H,2H2,1H3,(H3,18,20,27)/b19-10-. The Hall–Kier alpha value is -3.53. The first-order valence-corrected chi connectivity index (χ1v) is 8.13. The third-order valence-corrected chi connectivity index (χ3v) is 3.24. The molecule has 0 aliphatic rings. The summed E-state index contributed by atoms with van der Waals surface area (Å²) in [6.07, 6.45) is 1.47. The predicted octanol–water partition coefficient (Wildman–Crippen LogP) is 2.38. The minimum atomic E-state index is -0.740. The van der Waals surface area contributed by atoms with E-state index in [1.165, 1.54) is 30.5 Å². The number of ether oxygens (including phenoxy) is 2. The van der Waals surface area contributed by atoms with Crippen LogP contribution in [0, 0.1) is 10.1 Å². The van der Waals surface area contributed by atoms with Crippen LogP contribution in [-0.2, 0) is 0 Å². The van der Waals surface area contributed by atoms with E-state index in [1.54, 1.807) is 19.1 Å². The zero-order valence-electron chi connectivity index (χ0n) is 14.2. The van der Waals surface area contributed by atoms with E-state index >= 15 is 0 Å². The first-order valence-electron chi connectivity index (χ1n) is 7.72. The maximum Gasteiger partial charge on any atom is 0.343 e. The second kappa shape index (κ2) is 9.25. The van der Waals surface area contributed by atoms with Gasteiger partial charge in [0, 0.05) is 12.1 Å². The molecule has 140 valence electrons. The van der Waals surface area contributed by atoms with Crippen molar-refractivity contribution < 1.29 is 19.2 Å². The summed E-state index contributed by atoms with van der Waals surface area (Å²) in [6.45, 7) is 2.12. The van der Waals surface area contributed by atoms with Crippen LogP contribution >= 0.6 is 12.2 Å². The molecule has 0 amide bonds. The molecule has 0 saturated carbocycles. The fraction of sp³-hybridized carbons (Fsp3) is 0.118. The van der Waals surface area contributed by atoms with Gasteiger partial charge in [0.15, 0.2) is 16.6 Å². The SMILES string of the molecule is CCOc1cc(/C=N\NC(N)=S)ccc1OC(=O)c1cccc([N+](=O)[O-])c1. The zero-order valence-corrected chi connectivity index (χ0v) is 15.1. The van der Waals surface area contributed by atoms with Crippen molar-refractivity contribution in [2.75, 3.05) is 6.61 Å². The van der Waals surface area contributed by atoms with Crippen LogP contribution in [0.1, 0.15) is 22.8 Å². The molecule has 2 rings (SSSR count). The molecule has 0 spiro atoms. The number of nitro benzene ring substituents is 1. The smallest absolute Gasteiger partial charge is 0.343 e. The van der Waals surface area contributed by atoms with Crippen molar-refractivity contribution >= 4 is 35.2 Å². The first kappa shape index (κ1) is 19.8. The third kappa shape index (κ3) is 5.75. The molecule has 0 aromatic heterocycles. The van der Waals surface area contributed by atoms with Crippen molar-refractivity contribution in [2.24, 2.45) is 10.8 Å². The summed E-state index contributed by atoms with van der Waals surface area (Å²) in [5, 5.41) is 14.7. The lowest BCUT2D eigenvalue weighted by Crippen LogP contribution is -2.23. The molecule has 0 unspecified atom stereocenters. The number of hydrazone groups is 1. The Kier molecular flexibility index (Phi) is 6.78. The Bertz CT molecular complexity index is 901. The highest BCUT2D eigenvalue weighted by Gasteiger charge is 2.16. The van der Waals surface area contributed by atoms with Crippen molar-refractivity contribution in [3.05, 3.63) is 63.7 Å². The number of carbonyl (C=O) groups is 1. The normalized spacial score (nSPS) is 10.4. The number of carbonyl (C=O) groups excluding carboxylic acids is 1. The van der Waals surface area contributed by atoms with E-state index in [9.17, 15) is 14.9 Å². The first-order chi connectivity index (χ1) is 12.9. The molecule has 0 aliphatic carbocycles. The van der Waals surface area contributed by atoms with Gasteiger partial charge in [0.1, 0.15) is 0 Å². The number of nitrogens with one attached hydrogen (secondary N) is 1. The molecule has 0 fully saturated rings. The summed E-state index contributed by atoms with van der Waals surface area (Å²) >= 11 is 4.65. The average Bonchev–Trinajstić information content (AvgIpc) is 2.63. The van der Waals surface area contributed by atoms with Crippen LogP contribution in [-0.4, -0.2) is 28.8 Å². The van der Waals surface area contributed by atoms with Gasteiger partial charge in [-0.3, -0.25) is 15.5 Å². The number of hydrogen-bond donors (Lipinski definition) is 2. The van der Waals surface area contributed by atoms with Crippen LogP contribution in [0.3, 0.4) is 0 Å². The third-order valence-electron chi connectivity index (χ3n) is 3.15. The predicted molar refractivity (Wildman–Crippen MR) is 103 cm³/mol. The number of nitrogens with zero attached hydrogens (tertiary/aromatic N) is 2. The molecular weight excluding hydrogens is 372 g/mol. The minimum absolute atomic E-state index is 0.0267. The van der Waals surface area contributed by atoms with Gasteiger partial charge in [0.05, 0.1) is 23.3 Å². The van der Waals surface area contributed by atoms with Crippen LogP contribution < -0.4 is 20.6 Å². The van der Waals surface area contributed by atoms with Crippen LogP contribution in [0.2, 0.25) is 0 Å². The van der Waals surface area contributed by atoms with E-state index in [1.807, 2.05) is 0 Å². The molecule has 27 heavy (non-hydrogen) atoms. The maximum absolute atomic E-state index is 12.3. The van der Waals surface area contributed by atoms with Crippen LogP contribution in [0.25, 0.3) is 0 Å². The second-order valence-electron chi connectivity index (χ2n) is 5.07. The monoisotopic (exact) mass is 388 g/mol. The van der Waals surface area contributed by atoms with Crippen molar-refractivity contribution in [1.29, 1.82) is 0 Å². The van der Waals surface area contributed by atoms with E-state index in [-0.39, 0.29) is 22.1 Å². The number of thiocarbonyl (C=S) groups is 1. The largest absolute Gasteiger partial charge is 0.490 e. The van der Waals surface area contributed by atoms with Crippen molar-refractivity contribution in [3.63, 3.8) is 0 Å². The minimum Gasteiger partial charge on any atom is -0.490 e. The van der Waals surface area contributed by atoms with Gasteiger partial charge in [-0.05, 0) is 49.0 Å². The summed E-state index contributed by atoms with van der Waals surface area (Å²) in [6, 6.07) is 10.1. The van der Waals surface area contributed by atoms with Crippen LogP contribution in [0.15, 0.2) is 47.6 Å². The highest BCUT2D eigenvalue weighted by molar-refractivity contribution is 7.80. The van der Waals surface area contributed by atoms with Gasteiger partial charge in [-0.1, -0.05) is 6.07 Å². The number of non-ortho nitro benzene ring substituents is 1. The summed E-state index contributed by atoms with van der Waals surface area (Å²) in [7, 11) is 0. The fourth-order valence-corrected chi connectivity index (χ4v) is 2.09. The fourth-order valence-electron chi connectivity index (χ4n) is 2.03. The molecule has 0 saturated heterocycles. The summed E-state index contributed by atoms with van der Waals surface area (Å²) < 4.78 is 10.8. The Balaban J connectivity index is 2.22. The summed E-state index contributed by atoms with van der Waals surface area (Å²) in [5.74, 6) is -0.250. The van der Waals surface area contributed by atoms with Crippen LogP contribution in [0.4, 0.5) is 5.69 Å². The van der Waals surface area contributed by atoms with E-state index in [0.717, 1.165) is 6.07 Å². The molecule has 0 bridgehead atoms. The molecule has 0 atom stereocenters. The second-order valence-corrected chi connectivity index (χ2v) is 5.51. The van der Waals surface area contributed by atoms with Gasteiger partial charge in [-0.2, -0.15) is 5.10 Å². The molecule has 2 aromatic rings. The molecule has 9 nitrogen and oxygen atoms in total. The van der Waals surface area contributed by atoms with E-state index in [2.05, 4.69) is 22.7 Å². The van der Waals surface area contributed by atoms with Gasteiger partial charge in [-0.15, -0.1) is 0 Å². The van der Waals surface area contributed by atoms with Crippen LogP contribution in [0.5, 0.6) is 11.5 Å². The van der Waals surface area contributed by atoms with Crippen molar-refractivity contribution in [1.82, 2.24) is 5.43 Å². The molecule has 0 aliphatic heterocycles. The van der Waals surface area contributed by atoms with E-state index in [4.69, 9.17) is 15.2 Å². The van der Waals surface area contributed by atoms with Gasteiger partial charge in [0.25, 0.3) is 5.69 Å². The number of rotatable bonds is 7. The molecule has 0 radical (unpaired) electrons. The topological polar surface area (TPSA) is 129 Å². The molecule has 3 N–H and O–H groups in total. The van der Waals surface area contributed by atoms with Gasteiger partial charge < -0.3 is 15.2 Å². The lowest BCUT2D eigenvalue weighted by atomic mass is 10.2. The highest BCUT2D eigenvalue weighted by Crippen LogP contribution is 2.29. The lowest BCUT2D eigenvalue weighted by Gasteiger charge is -2.11. The average molecular weight is 388 g/mol. The number of hydrogen-bond acceptors (Lipinski definition) is 7.